The highest BCUT2D eigenvalue weighted by Crippen LogP contribution is 2.33. The number of methoxy groups -OCH3 is 1. The maximum absolute atomic E-state index is 12.4. The first-order chi connectivity index (χ1) is 10.3. The van der Waals surface area contributed by atoms with Gasteiger partial charge in [0.15, 0.2) is 0 Å². The Balaban J connectivity index is 2.69. The van der Waals surface area contributed by atoms with Gasteiger partial charge >= 0.3 is 6.09 Å². The van der Waals surface area contributed by atoms with Crippen LogP contribution in [0.5, 0.6) is 5.75 Å². The SMILES string of the molecule is COc1c(CBr)ccc2c1cc(C#N)n2C(=O)OC(C)(C)C. The highest BCUT2D eigenvalue weighted by molar-refractivity contribution is 9.08. The average Bonchev–Trinajstić information content (AvgIpc) is 2.82. The monoisotopic (exact) mass is 364 g/mol. The van der Waals surface area contributed by atoms with Crippen molar-refractivity contribution in [1.82, 2.24) is 4.57 Å². The molecule has 0 aliphatic heterocycles. The van der Waals surface area contributed by atoms with Gasteiger partial charge in [0, 0.05) is 16.3 Å². The number of fused-ring (bicyclic) bond motifs is 1. The van der Waals surface area contributed by atoms with Crippen LogP contribution < -0.4 is 4.74 Å². The van der Waals surface area contributed by atoms with Crippen LogP contribution in [0.1, 0.15) is 32.0 Å². The zero-order valence-electron chi connectivity index (χ0n) is 12.9. The summed E-state index contributed by atoms with van der Waals surface area (Å²) in [7, 11) is 1.57. The van der Waals surface area contributed by atoms with Crippen LogP contribution in [-0.4, -0.2) is 23.4 Å². The van der Waals surface area contributed by atoms with E-state index >= 15 is 0 Å². The molecule has 0 atom stereocenters. The smallest absolute Gasteiger partial charge is 0.420 e. The lowest BCUT2D eigenvalue weighted by Gasteiger charge is -2.20. The van der Waals surface area contributed by atoms with Crippen molar-refractivity contribution < 1.29 is 14.3 Å². The highest BCUT2D eigenvalue weighted by atomic mass is 79.9. The van der Waals surface area contributed by atoms with Gasteiger partial charge in [-0.05, 0) is 32.9 Å². The Bertz CT molecular complexity index is 766. The average molecular weight is 365 g/mol. The minimum atomic E-state index is -0.639. The fourth-order valence-corrected chi connectivity index (χ4v) is 2.67. The number of carbonyl (C=O) groups is 1. The number of hydrogen-bond acceptors (Lipinski definition) is 4. The van der Waals surface area contributed by atoms with E-state index in [9.17, 15) is 10.1 Å². The maximum Gasteiger partial charge on any atom is 0.420 e. The first kappa shape index (κ1) is 16.4. The third-order valence-electron chi connectivity index (χ3n) is 3.06. The molecule has 2 rings (SSSR count). The summed E-state index contributed by atoms with van der Waals surface area (Å²) in [6, 6.07) is 7.33. The van der Waals surface area contributed by atoms with Gasteiger partial charge in [0.25, 0.3) is 0 Å². The summed E-state index contributed by atoms with van der Waals surface area (Å²) in [5.74, 6) is 0.646. The van der Waals surface area contributed by atoms with Crippen LogP contribution in [0.3, 0.4) is 0 Å². The molecule has 6 heteroatoms. The second-order valence-electron chi connectivity index (χ2n) is 5.78. The van der Waals surface area contributed by atoms with Crippen molar-refractivity contribution in [2.45, 2.75) is 31.7 Å². The number of ether oxygens (including phenoxy) is 2. The number of alkyl halides is 1. The molecule has 0 radical (unpaired) electrons. The summed E-state index contributed by atoms with van der Waals surface area (Å²) in [5, 5.41) is 10.7. The Morgan fingerprint density at radius 3 is 2.59 bits per heavy atom. The number of aromatic nitrogens is 1. The minimum Gasteiger partial charge on any atom is -0.496 e. The molecule has 0 fully saturated rings. The lowest BCUT2D eigenvalue weighted by Crippen LogP contribution is -2.27. The summed E-state index contributed by atoms with van der Waals surface area (Å²) in [6.45, 7) is 5.35. The van der Waals surface area contributed by atoms with Gasteiger partial charge in [-0.25, -0.2) is 9.36 Å². The van der Waals surface area contributed by atoms with Crippen LogP contribution in [0.4, 0.5) is 4.79 Å². The molecule has 1 aromatic carbocycles. The summed E-state index contributed by atoms with van der Waals surface area (Å²) in [6.07, 6.45) is -0.576. The van der Waals surface area contributed by atoms with E-state index in [-0.39, 0.29) is 5.69 Å². The molecule has 22 heavy (non-hydrogen) atoms. The van der Waals surface area contributed by atoms with Crippen LogP contribution in [0, 0.1) is 11.3 Å². The van der Waals surface area contributed by atoms with Gasteiger partial charge in [-0.1, -0.05) is 22.0 Å². The summed E-state index contributed by atoms with van der Waals surface area (Å²) < 4.78 is 12.1. The zero-order chi connectivity index (χ0) is 16.5. The molecule has 1 heterocycles. The Labute approximate surface area is 137 Å². The molecule has 1 aromatic heterocycles. The largest absolute Gasteiger partial charge is 0.496 e. The molecule has 0 bridgehead atoms. The van der Waals surface area contributed by atoms with Crippen LogP contribution in [0.15, 0.2) is 18.2 Å². The normalized spacial score (nSPS) is 11.3. The van der Waals surface area contributed by atoms with E-state index < -0.39 is 11.7 Å². The molecule has 0 amide bonds. The number of hydrogen-bond donors (Lipinski definition) is 0. The first-order valence-corrected chi connectivity index (χ1v) is 7.85. The van der Waals surface area contributed by atoms with Gasteiger partial charge in [-0.2, -0.15) is 5.26 Å². The van der Waals surface area contributed by atoms with Gasteiger partial charge in [-0.3, -0.25) is 0 Å². The fraction of sp³-hybridized carbons (Fsp3) is 0.375. The molecule has 5 nitrogen and oxygen atoms in total. The Morgan fingerprint density at radius 2 is 2.09 bits per heavy atom. The molecule has 0 saturated heterocycles. The molecule has 0 saturated carbocycles. The van der Waals surface area contributed by atoms with Crippen molar-refractivity contribution in [2.75, 3.05) is 7.11 Å². The van der Waals surface area contributed by atoms with Crippen molar-refractivity contribution in [3.63, 3.8) is 0 Å². The van der Waals surface area contributed by atoms with E-state index in [4.69, 9.17) is 9.47 Å². The third-order valence-corrected chi connectivity index (χ3v) is 3.66. The topological polar surface area (TPSA) is 64.2 Å². The lowest BCUT2D eigenvalue weighted by molar-refractivity contribution is 0.0543. The van der Waals surface area contributed by atoms with E-state index in [0.717, 1.165) is 5.56 Å². The van der Waals surface area contributed by atoms with Crippen molar-refractivity contribution in [3.8, 4) is 11.8 Å². The number of halogens is 1. The predicted octanol–water partition coefficient (Wildman–Crippen LogP) is 4.20. The molecule has 0 spiro atoms. The number of nitrogens with zero attached hydrogens (tertiary/aromatic N) is 2. The summed E-state index contributed by atoms with van der Waals surface area (Å²) in [5.41, 5.74) is 1.11. The third kappa shape index (κ3) is 2.95. The molecule has 0 aliphatic rings. The molecule has 0 N–H and O–H groups in total. The molecular weight excluding hydrogens is 348 g/mol. The van der Waals surface area contributed by atoms with Crippen LogP contribution in [0.2, 0.25) is 0 Å². The van der Waals surface area contributed by atoms with Gasteiger partial charge in [0.05, 0.1) is 12.6 Å². The second kappa shape index (κ2) is 6.01. The van der Waals surface area contributed by atoms with Gasteiger partial charge in [0.1, 0.15) is 23.1 Å². The maximum atomic E-state index is 12.4. The van der Waals surface area contributed by atoms with E-state index in [1.165, 1.54) is 4.57 Å². The van der Waals surface area contributed by atoms with Crippen molar-refractivity contribution in [2.24, 2.45) is 0 Å². The zero-order valence-corrected chi connectivity index (χ0v) is 14.5. The summed E-state index contributed by atoms with van der Waals surface area (Å²) in [4.78, 5) is 12.4. The Morgan fingerprint density at radius 1 is 1.41 bits per heavy atom. The number of carbonyl (C=O) groups excluding carboxylic acids is 1. The van der Waals surface area contributed by atoms with Gasteiger partial charge < -0.3 is 9.47 Å². The van der Waals surface area contributed by atoms with Crippen LogP contribution >= 0.6 is 15.9 Å². The standard InChI is InChI=1S/C16H17BrN2O3/c1-16(2,3)22-15(20)19-11(9-18)7-12-13(19)6-5-10(8-17)14(12)21-4/h5-7H,8H2,1-4H3. The number of nitriles is 1. The summed E-state index contributed by atoms with van der Waals surface area (Å²) >= 11 is 3.40. The van der Waals surface area contributed by atoms with E-state index in [1.807, 2.05) is 12.1 Å². The van der Waals surface area contributed by atoms with Crippen molar-refractivity contribution in [1.29, 1.82) is 5.26 Å². The van der Waals surface area contributed by atoms with Crippen molar-refractivity contribution >= 4 is 32.9 Å². The van der Waals surface area contributed by atoms with Crippen LogP contribution in [0.25, 0.3) is 10.9 Å². The highest BCUT2D eigenvalue weighted by Gasteiger charge is 2.24. The van der Waals surface area contributed by atoms with E-state index in [1.54, 1.807) is 40.0 Å². The quantitative estimate of drug-likeness (QED) is 0.749. The molecule has 0 aliphatic carbocycles. The Kier molecular flexibility index (Phi) is 4.47. The van der Waals surface area contributed by atoms with Crippen molar-refractivity contribution in [3.05, 3.63) is 29.5 Å². The molecule has 0 unspecified atom stereocenters. The Hall–Kier alpha value is -2.00. The molecule has 2 aromatic rings. The molecule has 116 valence electrons. The second-order valence-corrected chi connectivity index (χ2v) is 6.34. The molecular formula is C16H17BrN2O3. The van der Waals surface area contributed by atoms with E-state index in [0.29, 0.717) is 22.0 Å². The number of rotatable bonds is 2. The van der Waals surface area contributed by atoms with Gasteiger partial charge in [-0.15, -0.1) is 0 Å². The number of benzene rings is 1. The lowest BCUT2D eigenvalue weighted by atomic mass is 10.1. The van der Waals surface area contributed by atoms with Gasteiger partial charge in [0.2, 0.25) is 0 Å². The fourth-order valence-electron chi connectivity index (χ4n) is 2.23. The van der Waals surface area contributed by atoms with Crippen LogP contribution in [-0.2, 0) is 10.1 Å². The van der Waals surface area contributed by atoms with E-state index in [2.05, 4.69) is 15.9 Å². The minimum absolute atomic E-state index is 0.217. The predicted molar refractivity (Wildman–Crippen MR) is 87.5 cm³/mol. The first-order valence-electron chi connectivity index (χ1n) is 6.73.